The second-order valence-electron chi connectivity index (χ2n) is 6.88. The summed E-state index contributed by atoms with van der Waals surface area (Å²) in [6.45, 7) is 5.48. The maximum absolute atomic E-state index is 13.0. The first-order valence-corrected chi connectivity index (χ1v) is 9.56. The molecule has 0 radical (unpaired) electrons. The quantitative estimate of drug-likeness (QED) is 0.832. The Bertz CT molecular complexity index is 694. The fourth-order valence-electron chi connectivity index (χ4n) is 3.48. The maximum Gasteiger partial charge on any atom is 0.254 e. The minimum atomic E-state index is 0.180. The highest BCUT2D eigenvalue weighted by Crippen LogP contribution is 2.14. The molecular formula is C22H29N3O. The van der Waals surface area contributed by atoms with Gasteiger partial charge in [-0.2, -0.15) is 0 Å². The Morgan fingerprint density at radius 1 is 0.923 bits per heavy atom. The van der Waals surface area contributed by atoms with Gasteiger partial charge in [0.15, 0.2) is 0 Å². The van der Waals surface area contributed by atoms with Crippen LogP contribution in [0.2, 0.25) is 0 Å². The van der Waals surface area contributed by atoms with Gasteiger partial charge in [0.2, 0.25) is 0 Å². The summed E-state index contributed by atoms with van der Waals surface area (Å²) < 4.78 is 0. The zero-order valence-electron chi connectivity index (χ0n) is 15.7. The van der Waals surface area contributed by atoms with E-state index in [1.807, 2.05) is 30.1 Å². The molecule has 4 heteroatoms. The summed E-state index contributed by atoms with van der Waals surface area (Å²) in [6, 6.07) is 18.6. The van der Waals surface area contributed by atoms with Crippen molar-refractivity contribution in [3.8, 4) is 0 Å². The molecule has 0 atom stereocenters. The van der Waals surface area contributed by atoms with E-state index in [-0.39, 0.29) is 5.91 Å². The molecule has 1 fully saturated rings. The van der Waals surface area contributed by atoms with Gasteiger partial charge in [-0.25, -0.2) is 0 Å². The van der Waals surface area contributed by atoms with E-state index in [1.165, 1.54) is 5.56 Å². The Morgan fingerprint density at radius 3 is 2.35 bits per heavy atom. The first kappa shape index (κ1) is 18.6. The summed E-state index contributed by atoms with van der Waals surface area (Å²) in [5, 5.41) is 3.16. The molecule has 1 heterocycles. The van der Waals surface area contributed by atoms with Crippen molar-refractivity contribution in [3.05, 3.63) is 71.3 Å². The van der Waals surface area contributed by atoms with Crippen molar-refractivity contribution in [2.24, 2.45) is 0 Å². The molecule has 0 unspecified atom stereocenters. The van der Waals surface area contributed by atoms with Gasteiger partial charge in [-0.15, -0.1) is 0 Å². The molecular weight excluding hydrogens is 322 g/mol. The lowest BCUT2D eigenvalue weighted by molar-refractivity contribution is 0.0637. The zero-order chi connectivity index (χ0) is 18.2. The Balaban J connectivity index is 1.52. The number of nitrogens with one attached hydrogen (secondary N) is 1. The molecule has 1 aliphatic rings. The molecule has 2 aromatic carbocycles. The van der Waals surface area contributed by atoms with Crippen molar-refractivity contribution in [2.45, 2.75) is 12.8 Å². The SMILES string of the molecule is CNCCc1ccccc1C(=O)N1CCN(CCc2ccccc2)CC1. The van der Waals surface area contributed by atoms with Crippen LogP contribution in [0.1, 0.15) is 21.5 Å². The largest absolute Gasteiger partial charge is 0.336 e. The fourth-order valence-corrected chi connectivity index (χ4v) is 3.48. The normalized spacial score (nSPS) is 15.2. The lowest BCUT2D eigenvalue weighted by atomic mass is 10.0. The van der Waals surface area contributed by atoms with Crippen LogP contribution in [0.15, 0.2) is 54.6 Å². The van der Waals surface area contributed by atoms with Gasteiger partial charge < -0.3 is 10.2 Å². The number of likely N-dealkylation sites (N-methyl/N-ethyl adjacent to an activating group) is 1. The molecule has 1 amide bonds. The smallest absolute Gasteiger partial charge is 0.254 e. The molecule has 0 bridgehead atoms. The molecule has 0 aromatic heterocycles. The number of hydrogen-bond donors (Lipinski definition) is 1. The maximum atomic E-state index is 13.0. The van der Waals surface area contributed by atoms with E-state index in [0.29, 0.717) is 0 Å². The van der Waals surface area contributed by atoms with E-state index in [9.17, 15) is 4.79 Å². The van der Waals surface area contributed by atoms with Crippen LogP contribution in [0.3, 0.4) is 0 Å². The molecule has 1 saturated heterocycles. The van der Waals surface area contributed by atoms with E-state index in [2.05, 4.69) is 46.6 Å². The van der Waals surface area contributed by atoms with Crippen molar-refractivity contribution in [1.29, 1.82) is 0 Å². The van der Waals surface area contributed by atoms with Gasteiger partial charge in [-0.05, 0) is 43.6 Å². The van der Waals surface area contributed by atoms with Crippen molar-refractivity contribution in [2.75, 3.05) is 46.3 Å². The number of amides is 1. The number of benzene rings is 2. The van der Waals surface area contributed by atoms with Crippen LogP contribution >= 0.6 is 0 Å². The number of piperazine rings is 1. The molecule has 3 rings (SSSR count). The lowest BCUT2D eigenvalue weighted by Gasteiger charge is -2.35. The van der Waals surface area contributed by atoms with Crippen molar-refractivity contribution >= 4 is 5.91 Å². The molecule has 1 N–H and O–H groups in total. The van der Waals surface area contributed by atoms with Crippen LogP contribution in [0.4, 0.5) is 0 Å². The van der Waals surface area contributed by atoms with E-state index < -0.39 is 0 Å². The van der Waals surface area contributed by atoms with E-state index in [1.54, 1.807) is 0 Å². The molecule has 0 aliphatic carbocycles. The summed E-state index contributed by atoms with van der Waals surface area (Å²) in [6.07, 6.45) is 1.96. The minimum absolute atomic E-state index is 0.180. The second-order valence-corrected chi connectivity index (χ2v) is 6.88. The Kier molecular flexibility index (Phi) is 6.81. The molecule has 4 nitrogen and oxygen atoms in total. The van der Waals surface area contributed by atoms with Crippen molar-refractivity contribution < 1.29 is 4.79 Å². The molecule has 26 heavy (non-hydrogen) atoms. The van der Waals surface area contributed by atoms with Crippen LogP contribution < -0.4 is 5.32 Å². The van der Waals surface area contributed by atoms with E-state index in [4.69, 9.17) is 0 Å². The summed E-state index contributed by atoms with van der Waals surface area (Å²) in [7, 11) is 1.94. The molecule has 2 aromatic rings. The first-order valence-electron chi connectivity index (χ1n) is 9.56. The number of carbonyl (C=O) groups is 1. The zero-order valence-corrected chi connectivity index (χ0v) is 15.7. The highest BCUT2D eigenvalue weighted by atomic mass is 16.2. The van der Waals surface area contributed by atoms with Crippen LogP contribution in [0, 0.1) is 0 Å². The number of hydrogen-bond acceptors (Lipinski definition) is 3. The van der Waals surface area contributed by atoms with Gasteiger partial charge >= 0.3 is 0 Å². The van der Waals surface area contributed by atoms with Crippen LogP contribution in [-0.4, -0.2) is 62.0 Å². The average Bonchev–Trinajstić information content (AvgIpc) is 2.71. The summed E-state index contributed by atoms with van der Waals surface area (Å²) in [5.41, 5.74) is 3.38. The van der Waals surface area contributed by atoms with Gasteiger partial charge in [0.1, 0.15) is 0 Å². The topological polar surface area (TPSA) is 35.6 Å². The third-order valence-corrected chi connectivity index (χ3v) is 5.11. The second kappa shape index (κ2) is 9.51. The predicted octanol–water partition coefficient (Wildman–Crippen LogP) is 2.45. The summed E-state index contributed by atoms with van der Waals surface area (Å²) in [4.78, 5) is 17.4. The third-order valence-electron chi connectivity index (χ3n) is 5.11. The highest BCUT2D eigenvalue weighted by Gasteiger charge is 2.23. The van der Waals surface area contributed by atoms with Crippen molar-refractivity contribution in [3.63, 3.8) is 0 Å². The predicted molar refractivity (Wildman–Crippen MR) is 107 cm³/mol. The lowest BCUT2D eigenvalue weighted by Crippen LogP contribution is -2.49. The van der Waals surface area contributed by atoms with E-state index in [0.717, 1.165) is 63.2 Å². The fraction of sp³-hybridized carbons (Fsp3) is 0.409. The van der Waals surface area contributed by atoms with Gasteiger partial charge in [-0.1, -0.05) is 48.5 Å². The van der Waals surface area contributed by atoms with Gasteiger partial charge in [0, 0.05) is 38.3 Å². The number of rotatable bonds is 7. The van der Waals surface area contributed by atoms with Crippen LogP contribution in [-0.2, 0) is 12.8 Å². The minimum Gasteiger partial charge on any atom is -0.336 e. The van der Waals surface area contributed by atoms with Gasteiger partial charge in [0.05, 0.1) is 0 Å². The van der Waals surface area contributed by atoms with Gasteiger partial charge in [-0.3, -0.25) is 9.69 Å². The first-order chi connectivity index (χ1) is 12.8. The Hall–Kier alpha value is -2.17. The molecule has 0 spiro atoms. The van der Waals surface area contributed by atoms with E-state index >= 15 is 0 Å². The monoisotopic (exact) mass is 351 g/mol. The van der Waals surface area contributed by atoms with Gasteiger partial charge in [0.25, 0.3) is 5.91 Å². The highest BCUT2D eigenvalue weighted by molar-refractivity contribution is 5.95. The molecule has 1 aliphatic heterocycles. The Morgan fingerprint density at radius 2 is 1.62 bits per heavy atom. The summed E-state index contributed by atoms with van der Waals surface area (Å²) in [5.74, 6) is 0.180. The van der Waals surface area contributed by atoms with Crippen LogP contribution in [0.25, 0.3) is 0 Å². The number of nitrogens with zero attached hydrogens (tertiary/aromatic N) is 2. The third kappa shape index (κ3) is 4.93. The Labute approximate surface area is 156 Å². The van der Waals surface area contributed by atoms with Crippen molar-refractivity contribution in [1.82, 2.24) is 15.1 Å². The summed E-state index contributed by atoms with van der Waals surface area (Å²) >= 11 is 0. The standard InChI is InChI=1S/C22H29N3O/c1-23-13-11-20-9-5-6-10-21(20)22(26)25-17-15-24(16-18-25)14-12-19-7-3-2-4-8-19/h2-10,23H,11-18H2,1H3. The van der Waals surface area contributed by atoms with Crippen LogP contribution in [0.5, 0.6) is 0 Å². The number of carbonyl (C=O) groups excluding carboxylic acids is 1. The molecule has 0 saturated carbocycles. The average molecular weight is 351 g/mol. The molecule has 138 valence electrons.